The third-order valence-electron chi connectivity index (χ3n) is 15.3. The lowest BCUT2D eigenvalue weighted by Crippen LogP contribution is -2.65. The lowest BCUT2D eigenvalue weighted by Gasteiger charge is -2.50. The van der Waals surface area contributed by atoms with Gasteiger partial charge >= 0.3 is 5.97 Å². The van der Waals surface area contributed by atoms with E-state index in [2.05, 4.69) is 4.99 Å². The first-order valence-electron chi connectivity index (χ1n) is 24.6. The number of piperidine rings is 1. The Kier molecular flexibility index (Phi) is 20.7. The summed E-state index contributed by atoms with van der Waals surface area (Å²) < 4.78 is 36.0. The van der Waals surface area contributed by atoms with Gasteiger partial charge in [-0.2, -0.15) is 0 Å². The minimum absolute atomic E-state index is 0.0527. The molecule has 0 spiro atoms. The molecule has 6 aliphatic rings. The molecular weight excluding hydrogens is 861 g/mol. The van der Waals surface area contributed by atoms with Crippen molar-refractivity contribution in [2.45, 2.75) is 166 Å². The SMILES string of the molecule is CN=C1C/C=C(\C)[C@@H](O)[C@@H](OC)C(=O)[C@H](C)C[C@H](C)/C=C/C=C/C=C(\C)[C@@H](OC)C[C@@H]2CC[C@@H](C)[C@@](O)(O2)C(=O)C(=O)N2CCCC3[C@H]2C(=O)O[C@@H](C1)[C@H]3C[C@@H]1CC[C@@H](OCCO)[C@H](OC)C1. The van der Waals surface area contributed by atoms with Crippen molar-refractivity contribution in [3.05, 3.63) is 47.6 Å². The molecule has 3 N–H and O–H groups in total. The van der Waals surface area contributed by atoms with Crippen LogP contribution < -0.4 is 0 Å². The Balaban J connectivity index is 1.50. The number of carbonyl (C=O) groups is 4. The van der Waals surface area contributed by atoms with Crippen molar-refractivity contribution in [3.8, 4) is 0 Å². The van der Waals surface area contributed by atoms with Gasteiger partial charge in [-0.1, -0.05) is 57.2 Å². The maximum absolute atomic E-state index is 14.6. The minimum atomic E-state index is -2.41. The second kappa shape index (κ2) is 25.4. The third-order valence-corrected chi connectivity index (χ3v) is 15.3. The molecule has 0 aromatic carbocycles. The maximum atomic E-state index is 14.6. The lowest BCUT2D eigenvalue weighted by atomic mass is 9.68. The van der Waals surface area contributed by atoms with E-state index in [1.165, 1.54) is 12.0 Å². The van der Waals surface area contributed by atoms with E-state index >= 15 is 0 Å². The molecule has 4 fully saturated rings. The van der Waals surface area contributed by atoms with Crippen LogP contribution in [0.3, 0.4) is 0 Å². The number of Topliss-reactive ketones (excluding diaryl/α,β-unsaturated/α-hetero) is 2. The summed E-state index contributed by atoms with van der Waals surface area (Å²) in [5.74, 6) is -6.73. The van der Waals surface area contributed by atoms with Crippen molar-refractivity contribution in [3.63, 3.8) is 0 Å². The molecule has 15 nitrogen and oxygen atoms in total. The zero-order valence-corrected chi connectivity index (χ0v) is 41.5. The molecular formula is C52H80N2O13. The largest absolute Gasteiger partial charge is 0.460 e. The number of fused-ring (bicyclic) bond motifs is 16. The molecule has 376 valence electrons. The van der Waals surface area contributed by atoms with Crippen LogP contribution in [0.15, 0.2) is 52.6 Å². The Morgan fingerprint density at radius 1 is 0.896 bits per heavy atom. The highest BCUT2D eigenvalue weighted by atomic mass is 16.6. The smallest absolute Gasteiger partial charge is 0.329 e. The predicted octanol–water partition coefficient (Wildman–Crippen LogP) is 5.67. The highest BCUT2D eigenvalue weighted by molar-refractivity contribution is 6.39. The summed E-state index contributed by atoms with van der Waals surface area (Å²) in [6.07, 6.45) is 13.7. The molecule has 1 aliphatic carbocycles. The van der Waals surface area contributed by atoms with Crippen molar-refractivity contribution in [2.24, 2.45) is 40.5 Å². The fourth-order valence-electron chi connectivity index (χ4n) is 11.2. The zero-order chi connectivity index (χ0) is 49.0. The molecule has 0 radical (unpaired) electrons. The summed E-state index contributed by atoms with van der Waals surface area (Å²) in [4.78, 5) is 63.1. The summed E-state index contributed by atoms with van der Waals surface area (Å²) in [6.45, 7) is 9.55. The molecule has 1 amide bonds. The number of hydrogen-bond donors (Lipinski definition) is 3. The highest BCUT2D eigenvalue weighted by Crippen LogP contribution is 2.45. The molecule has 5 aliphatic heterocycles. The number of aliphatic imine (C=N–C) groups is 1. The first-order chi connectivity index (χ1) is 32.0. The molecule has 15 heteroatoms. The summed E-state index contributed by atoms with van der Waals surface area (Å²) in [6, 6.07) is -1.05. The average Bonchev–Trinajstić information content (AvgIpc) is 3.32. The molecule has 3 saturated heterocycles. The van der Waals surface area contributed by atoms with Gasteiger partial charge in [0.25, 0.3) is 11.7 Å². The van der Waals surface area contributed by atoms with Crippen molar-refractivity contribution in [1.82, 2.24) is 4.90 Å². The summed E-state index contributed by atoms with van der Waals surface area (Å²) in [7, 11) is 6.36. The normalized spacial score (nSPS) is 41.3. The maximum Gasteiger partial charge on any atom is 0.329 e. The van der Waals surface area contributed by atoms with E-state index in [4.69, 9.17) is 28.4 Å². The van der Waals surface area contributed by atoms with Gasteiger partial charge in [0.05, 0.1) is 37.6 Å². The average molecular weight is 941 g/mol. The second-order valence-corrected chi connectivity index (χ2v) is 19.9. The van der Waals surface area contributed by atoms with Crippen LogP contribution in [0.5, 0.6) is 0 Å². The lowest BCUT2D eigenvalue weighted by molar-refractivity contribution is -0.266. The third kappa shape index (κ3) is 13.5. The van der Waals surface area contributed by atoms with E-state index < -0.39 is 71.8 Å². The van der Waals surface area contributed by atoms with Crippen LogP contribution in [0, 0.1) is 35.5 Å². The molecule has 5 heterocycles. The van der Waals surface area contributed by atoms with E-state index in [0.29, 0.717) is 69.8 Å². The predicted molar refractivity (Wildman–Crippen MR) is 253 cm³/mol. The van der Waals surface area contributed by atoms with Crippen LogP contribution in [-0.2, 0) is 47.6 Å². The van der Waals surface area contributed by atoms with Crippen molar-refractivity contribution >= 4 is 29.2 Å². The summed E-state index contributed by atoms with van der Waals surface area (Å²) in [5, 5.41) is 33.0. The fourth-order valence-corrected chi connectivity index (χ4v) is 11.2. The Hall–Kier alpha value is -3.41. The Morgan fingerprint density at radius 2 is 1.66 bits per heavy atom. The highest BCUT2D eigenvalue weighted by Gasteiger charge is 2.57. The van der Waals surface area contributed by atoms with E-state index in [1.54, 1.807) is 35.1 Å². The van der Waals surface area contributed by atoms with Crippen LogP contribution in [0.2, 0.25) is 0 Å². The van der Waals surface area contributed by atoms with Crippen molar-refractivity contribution < 1.29 is 62.9 Å². The number of amides is 1. The van der Waals surface area contributed by atoms with Crippen LogP contribution in [-0.4, -0.2) is 152 Å². The standard InChI is InChI=1S/C52H80N2O13/c1-31-14-11-10-12-15-32(2)42(62-7)30-38-21-18-35(5)52(61,67-38)49(58)50(59)54-23-13-16-39-40(27-36-19-22-41(65-25-24-55)44(28-36)63-8)43(66-51(60)45(39)54)29-37(53-6)20-17-33(3)46(56)48(64-9)47(57)34(4)26-31/h10-12,14-15,17,31,34-36,38-46,48,55-56,61H,13,16,18-30H2,1-9H3/b12-10+,14-11+,32-15+,33-17+,53-37?/t31-,34-,35-,36+,38+,39?,40+,41-,42+,43+,44-,45+,46-,48-,52-/m1/s1. The zero-order valence-electron chi connectivity index (χ0n) is 41.5. The van der Waals surface area contributed by atoms with Gasteiger partial charge in [-0.15, -0.1) is 0 Å². The van der Waals surface area contributed by atoms with Gasteiger partial charge in [0, 0.05) is 77.6 Å². The van der Waals surface area contributed by atoms with Gasteiger partial charge in [-0.05, 0) is 101 Å². The topological polar surface area (TPSA) is 200 Å². The molecule has 1 saturated carbocycles. The molecule has 1 unspecified atom stereocenters. The van der Waals surface area contributed by atoms with Crippen LogP contribution >= 0.6 is 0 Å². The number of ether oxygens (including phenoxy) is 6. The van der Waals surface area contributed by atoms with Crippen LogP contribution in [0.25, 0.3) is 0 Å². The molecule has 0 aromatic rings. The number of carbonyl (C=O) groups excluding carboxylic acids is 4. The number of hydrogen-bond acceptors (Lipinski definition) is 14. The number of rotatable bonds is 8. The number of ketones is 2. The van der Waals surface area contributed by atoms with E-state index in [1.807, 2.05) is 57.2 Å². The number of esters is 1. The number of methoxy groups -OCH3 is 3. The first kappa shape index (κ1) is 54.5. The number of aliphatic hydroxyl groups excluding tert-OH is 2. The van der Waals surface area contributed by atoms with Crippen molar-refractivity contribution in [2.75, 3.05) is 48.1 Å². The molecule has 6 rings (SSSR count). The Bertz CT molecular complexity index is 1840. The van der Waals surface area contributed by atoms with Crippen molar-refractivity contribution in [1.29, 1.82) is 0 Å². The van der Waals surface area contributed by atoms with Gasteiger partial charge in [0.2, 0.25) is 5.79 Å². The Labute approximate surface area is 398 Å². The monoisotopic (exact) mass is 941 g/mol. The number of nitrogens with zero attached hydrogens (tertiary/aromatic N) is 2. The quantitative estimate of drug-likeness (QED) is 0.153. The van der Waals surface area contributed by atoms with Gasteiger partial charge in [-0.3, -0.25) is 19.4 Å². The van der Waals surface area contributed by atoms with Gasteiger partial charge in [0.1, 0.15) is 24.4 Å². The van der Waals surface area contributed by atoms with Crippen LogP contribution in [0.1, 0.15) is 112 Å². The van der Waals surface area contributed by atoms with Gasteiger partial charge < -0.3 is 48.6 Å². The minimum Gasteiger partial charge on any atom is -0.460 e. The molecule has 0 aromatic heterocycles. The number of aliphatic hydroxyl groups is 3. The van der Waals surface area contributed by atoms with E-state index in [9.17, 15) is 34.5 Å². The first-order valence-corrected chi connectivity index (χ1v) is 24.6. The van der Waals surface area contributed by atoms with Crippen LogP contribution in [0.4, 0.5) is 0 Å². The molecule has 6 bridgehead atoms. The molecule has 15 atom stereocenters. The summed E-state index contributed by atoms with van der Waals surface area (Å²) >= 11 is 0. The molecule has 67 heavy (non-hydrogen) atoms. The van der Waals surface area contributed by atoms with Gasteiger partial charge in [0.15, 0.2) is 5.78 Å². The fraction of sp³-hybridized carbons (Fsp3) is 0.750. The van der Waals surface area contributed by atoms with Gasteiger partial charge in [-0.25, -0.2) is 4.79 Å². The summed E-state index contributed by atoms with van der Waals surface area (Å²) in [5.41, 5.74) is 2.16. The number of allylic oxidation sites excluding steroid dienone is 6. The van der Waals surface area contributed by atoms with E-state index in [-0.39, 0.29) is 61.4 Å². The second-order valence-electron chi connectivity index (χ2n) is 19.9. The Morgan fingerprint density at radius 3 is 2.34 bits per heavy atom. The van der Waals surface area contributed by atoms with E-state index in [0.717, 1.165) is 24.1 Å².